The number of rotatable bonds is 3. The topological polar surface area (TPSA) is 84.2 Å². The lowest BCUT2D eigenvalue weighted by Gasteiger charge is -2.29. The Labute approximate surface area is 125 Å². The van der Waals surface area contributed by atoms with Crippen molar-refractivity contribution in [2.24, 2.45) is 0 Å². The molecule has 0 aromatic carbocycles. The Balaban J connectivity index is 0.00000147. The van der Waals surface area contributed by atoms with Crippen LogP contribution in [0.15, 0.2) is 9.42 Å². The van der Waals surface area contributed by atoms with Gasteiger partial charge in [-0.25, -0.2) is 13.1 Å². The lowest BCUT2D eigenvalue weighted by Crippen LogP contribution is -2.48. The monoisotopic (exact) mass is 321 g/mol. The molecule has 0 aliphatic carbocycles. The summed E-state index contributed by atoms with van der Waals surface area (Å²) in [6, 6.07) is 0.921. The van der Waals surface area contributed by atoms with Gasteiger partial charge in [-0.15, -0.1) is 12.4 Å². The summed E-state index contributed by atoms with van der Waals surface area (Å²) in [7, 11) is -3.53. The fourth-order valence-electron chi connectivity index (χ4n) is 3.29. The standard InChI is InChI=1S/C12H19N3O3S.ClH/c1-7-12(8(2)18-14-7)19(16,17)15-11-5-9-3-4-10(6-11)13-9;/h9-11,13,15H,3-6H2,1-2H3;1H. The first-order chi connectivity index (χ1) is 8.95. The Morgan fingerprint density at radius 1 is 1.25 bits per heavy atom. The predicted molar refractivity (Wildman–Crippen MR) is 76.5 cm³/mol. The van der Waals surface area contributed by atoms with Crippen LogP contribution in [0.2, 0.25) is 0 Å². The Morgan fingerprint density at radius 3 is 2.35 bits per heavy atom. The average molecular weight is 322 g/mol. The number of halogens is 1. The summed E-state index contributed by atoms with van der Waals surface area (Å²) >= 11 is 0. The average Bonchev–Trinajstić information content (AvgIpc) is 2.82. The van der Waals surface area contributed by atoms with Gasteiger partial charge in [-0.3, -0.25) is 0 Å². The van der Waals surface area contributed by atoms with Crippen LogP contribution in [0.3, 0.4) is 0 Å². The van der Waals surface area contributed by atoms with Crippen molar-refractivity contribution in [3.63, 3.8) is 0 Å². The minimum Gasteiger partial charge on any atom is -0.360 e. The fraction of sp³-hybridized carbons (Fsp3) is 0.750. The Hall–Kier alpha value is -0.630. The number of aromatic nitrogens is 1. The van der Waals surface area contributed by atoms with E-state index in [1.807, 2.05) is 0 Å². The van der Waals surface area contributed by atoms with Gasteiger partial charge in [0.1, 0.15) is 10.6 Å². The molecule has 2 saturated heterocycles. The highest BCUT2D eigenvalue weighted by Gasteiger charge is 2.36. The molecular weight excluding hydrogens is 302 g/mol. The Morgan fingerprint density at radius 2 is 1.85 bits per heavy atom. The number of nitrogens with one attached hydrogen (secondary N) is 2. The molecule has 114 valence electrons. The minimum absolute atomic E-state index is 0. The molecule has 2 unspecified atom stereocenters. The van der Waals surface area contributed by atoms with E-state index in [4.69, 9.17) is 4.52 Å². The zero-order valence-corrected chi connectivity index (χ0v) is 13.2. The highest BCUT2D eigenvalue weighted by atomic mass is 35.5. The fourth-order valence-corrected chi connectivity index (χ4v) is 4.88. The highest BCUT2D eigenvalue weighted by molar-refractivity contribution is 7.89. The summed E-state index contributed by atoms with van der Waals surface area (Å²) in [6.45, 7) is 3.28. The summed E-state index contributed by atoms with van der Waals surface area (Å²) in [6.07, 6.45) is 4.01. The summed E-state index contributed by atoms with van der Waals surface area (Å²) < 4.78 is 32.6. The van der Waals surface area contributed by atoms with Crippen molar-refractivity contribution < 1.29 is 12.9 Å². The van der Waals surface area contributed by atoms with Crippen LogP contribution in [0.5, 0.6) is 0 Å². The third kappa shape index (κ3) is 2.86. The maximum absolute atomic E-state index is 12.4. The van der Waals surface area contributed by atoms with Gasteiger partial charge in [-0.2, -0.15) is 0 Å². The van der Waals surface area contributed by atoms with Crippen LogP contribution >= 0.6 is 12.4 Å². The second-order valence-corrected chi connectivity index (χ2v) is 7.23. The Bertz CT molecular complexity index is 555. The van der Waals surface area contributed by atoms with Crippen molar-refractivity contribution in [3.8, 4) is 0 Å². The summed E-state index contributed by atoms with van der Waals surface area (Å²) in [5.74, 6) is 0.349. The van der Waals surface area contributed by atoms with Crippen LogP contribution in [-0.2, 0) is 10.0 Å². The largest absolute Gasteiger partial charge is 0.360 e. The molecule has 2 aliphatic rings. The van der Waals surface area contributed by atoms with E-state index < -0.39 is 10.0 Å². The van der Waals surface area contributed by atoms with Crippen molar-refractivity contribution in [1.29, 1.82) is 0 Å². The number of sulfonamides is 1. The lowest BCUT2D eigenvalue weighted by atomic mass is 10.0. The molecule has 0 radical (unpaired) electrons. The number of nitrogens with zero attached hydrogens (tertiary/aromatic N) is 1. The normalized spacial score (nSPS) is 29.2. The molecule has 0 saturated carbocycles. The zero-order chi connectivity index (χ0) is 13.6. The smallest absolute Gasteiger partial charge is 0.246 e. The van der Waals surface area contributed by atoms with E-state index in [0.717, 1.165) is 25.7 Å². The van der Waals surface area contributed by atoms with Crippen molar-refractivity contribution in [2.75, 3.05) is 0 Å². The van der Waals surface area contributed by atoms with E-state index in [1.165, 1.54) is 0 Å². The molecule has 2 atom stereocenters. The van der Waals surface area contributed by atoms with Crippen molar-refractivity contribution in [2.45, 2.75) is 62.6 Å². The lowest BCUT2D eigenvalue weighted by molar-refractivity contribution is 0.345. The second kappa shape index (κ2) is 5.63. The summed E-state index contributed by atoms with van der Waals surface area (Å²) in [5, 5.41) is 7.21. The third-order valence-corrected chi connectivity index (χ3v) is 5.80. The first-order valence-electron chi connectivity index (χ1n) is 6.67. The van der Waals surface area contributed by atoms with Gasteiger partial charge in [0.25, 0.3) is 0 Å². The van der Waals surface area contributed by atoms with Gasteiger partial charge < -0.3 is 9.84 Å². The maximum atomic E-state index is 12.4. The number of fused-ring (bicyclic) bond motifs is 2. The SMILES string of the molecule is Cc1noc(C)c1S(=O)(=O)NC1CC2CCC(C1)N2.Cl. The van der Waals surface area contributed by atoms with E-state index in [1.54, 1.807) is 13.8 Å². The van der Waals surface area contributed by atoms with Gasteiger partial charge in [-0.05, 0) is 39.5 Å². The number of aryl methyl sites for hydroxylation is 2. The van der Waals surface area contributed by atoms with Crippen LogP contribution < -0.4 is 10.0 Å². The first-order valence-corrected chi connectivity index (χ1v) is 8.15. The van der Waals surface area contributed by atoms with Crippen LogP contribution in [0.25, 0.3) is 0 Å². The van der Waals surface area contributed by atoms with Crippen LogP contribution in [-0.4, -0.2) is 31.7 Å². The van der Waals surface area contributed by atoms with Gasteiger partial charge in [0.15, 0.2) is 5.76 Å². The molecule has 2 N–H and O–H groups in total. The van der Waals surface area contributed by atoms with Crippen molar-refractivity contribution in [1.82, 2.24) is 15.2 Å². The van der Waals surface area contributed by atoms with E-state index >= 15 is 0 Å². The van der Waals surface area contributed by atoms with Gasteiger partial charge in [0.05, 0.1) is 0 Å². The van der Waals surface area contributed by atoms with Gasteiger partial charge in [0, 0.05) is 18.1 Å². The Kier molecular flexibility index (Phi) is 4.44. The molecule has 2 bridgehead atoms. The summed E-state index contributed by atoms with van der Waals surface area (Å²) in [5.41, 5.74) is 0.418. The maximum Gasteiger partial charge on any atom is 0.246 e. The minimum atomic E-state index is -3.53. The molecular formula is C12H20ClN3O3S. The van der Waals surface area contributed by atoms with Crippen LogP contribution in [0.4, 0.5) is 0 Å². The molecule has 20 heavy (non-hydrogen) atoms. The summed E-state index contributed by atoms with van der Waals surface area (Å²) in [4.78, 5) is 0.193. The predicted octanol–water partition coefficient (Wildman–Crippen LogP) is 1.27. The zero-order valence-electron chi connectivity index (χ0n) is 11.5. The van der Waals surface area contributed by atoms with Crippen molar-refractivity contribution in [3.05, 3.63) is 11.5 Å². The molecule has 0 spiro atoms. The molecule has 6 nitrogen and oxygen atoms in total. The molecule has 1 aromatic heterocycles. The number of piperidine rings is 1. The van der Waals surface area contributed by atoms with E-state index in [0.29, 0.717) is 23.5 Å². The van der Waals surface area contributed by atoms with Gasteiger partial charge in [-0.1, -0.05) is 5.16 Å². The second-order valence-electron chi connectivity index (χ2n) is 5.58. The molecule has 0 amide bonds. The van der Waals surface area contributed by atoms with Gasteiger partial charge >= 0.3 is 0 Å². The first kappa shape index (κ1) is 15.8. The van der Waals surface area contributed by atoms with E-state index in [9.17, 15) is 8.42 Å². The molecule has 2 fully saturated rings. The molecule has 1 aromatic rings. The van der Waals surface area contributed by atoms with Crippen molar-refractivity contribution >= 4 is 22.4 Å². The van der Waals surface area contributed by atoms with E-state index in [-0.39, 0.29) is 23.3 Å². The molecule has 3 heterocycles. The molecule has 3 rings (SSSR count). The van der Waals surface area contributed by atoms with Gasteiger partial charge in [0.2, 0.25) is 10.0 Å². The highest BCUT2D eigenvalue weighted by Crippen LogP contribution is 2.28. The molecule has 8 heteroatoms. The van der Waals surface area contributed by atoms with Crippen LogP contribution in [0.1, 0.15) is 37.1 Å². The number of hydrogen-bond donors (Lipinski definition) is 2. The third-order valence-electron chi connectivity index (χ3n) is 4.03. The van der Waals surface area contributed by atoms with Crippen LogP contribution in [0, 0.1) is 13.8 Å². The quantitative estimate of drug-likeness (QED) is 0.876. The van der Waals surface area contributed by atoms with E-state index in [2.05, 4.69) is 15.2 Å². The number of hydrogen-bond acceptors (Lipinski definition) is 5. The molecule has 2 aliphatic heterocycles.